The van der Waals surface area contributed by atoms with Crippen molar-refractivity contribution in [3.63, 3.8) is 0 Å². The Morgan fingerprint density at radius 3 is 2.64 bits per heavy atom. The van der Waals surface area contributed by atoms with E-state index >= 15 is 0 Å². The van der Waals surface area contributed by atoms with E-state index in [1.54, 1.807) is 0 Å². The van der Waals surface area contributed by atoms with E-state index in [0.29, 0.717) is 5.82 Å². The molecule has 1 fully saturated rings. The van der Waals surface area contributed by atoms with E-state index in [2.05, 4.69) is 20.7 Å². The highest BCUT2D eigenvalue weighted by Gasteiger charge is 2.33. The van der Waals surface area contributed by atoms with Gasteiger partial charge < -0.3 is 10.2 Å². The van der Waals surface area contributed by atoms with Gasteiger partial charge in [0.1, 0.15) is 0 Å². The number of halogens is 1. The fraction of sp³-hybridized carbons (Fsp3) is 0.529. The maximum Gasteiger partial charge on any atom is 0.249 e. The molecule has 0 bridgehead atoms. The second-order valence-corrected chi connectivity index (χ2v) is 6.58. The van der Waals surface area contributed by atoms with Gasteiger partial charge in [-0.3, -0.25) is 4.79 Å². The van der Waals surface area contributed by atoms with Gasteiger partial charge in [-0.15, -0.1) is 22.6 Å². The standard InChI is InChI=1S/C17H24N6O.ClH/c1-12(2)15(17(24)22(3)14-9-10-18-11-14)23-20-16(19-21-23)13-7-5-4-6-8-13;/h4-8,12,14-15,18H,9-11H2,1-3H3;1H. The zero-order chi connectivity index (χ0) is 17.1. The number of hydrogen-bond donors (Lipinski definition) is 1. The van der Waals surface area contributed by atoms with Crippen LogP contribution in [0.2, 0.25) is 0 Å². The molecule has 1 aliphatic rings. The van der Waals surface area contributed by atoms with Crippen molar-refractivity contribution in [3.05, 3.63) is 30.3 Å². The number of hydrogen-bond acceptors (Lipinski definition) is 5. The Balaban J connectivity index is 0.00000225. The van der Waals surface area contributed by atoms with Crippen LogP contribution in [0.1, 0.15) is 26.3 Å². The summed E-state index contributed by atoms with van der Waals surface area (Å²) in [5.74, 6) is 0.655. The zero-order valence-electron chi connectivity index (χ0n) is 14.8. The average Bonchev–Trinajstić information content (AvgIpc) is 3.27. The molecule has 0 aliphatic carbocycles. The minimum atomic E-state index is -0.444. The molecule has 8 heteroatoms. The summed E-state index contributed by atoms with van der Waals surface area (Å²) in [6.07, 6.45) is 0.979. The topological polar surface area (TPSA) is 75.9 Å². The van der Waals surface area contributed by atoms with Crippen molar-refractivity contribution in [3.8, 4) is 11.4 Å². The highest BCUT2D eigenvalue weighted by atomic mass is 35.5. The first-order chi connectivity index (χ1) is 11.6. The lowest BCUT2D eigenvalue weighted by atomic mass is 10.0. The number of nitrogens with one attached hydrogen (secondary N) is 1. The van der Waals surface area contributed by atoms with Gasteiger partial charge >= 0.3 is 0 Å². The SMILES string of the molecule is CC(C)C(C(=O)N(C)C1CCNC1)n1nnc(-c2ccccc2)n1.Cl. The quantitative estimate of drug-likeness (QED) is 0.875. The number of likely N-dealkylation sites (N-methyl/N-ethyl adjacent to an activating group) is 1. The summed E-state index contributed by atoms with van der Waals surface area (Å²) in [5, 5.41) is 16.0. The number of rotatable bonds is 5. The number of nitrogens with zero attached hydrogens (tertiary/aromatic N) is 5. The predicted octanol–water partition coefficient (Wildman–Crippen LogP) is 1.78. The molecule has 1 amide bonds. The second kappa shape index (κ2) is 8.40. The van der Waals surface area contributed by atoms with Gasteiger partial charge in [0.05, 0.1) is 0 Å². The van der Waals surface area contributed by atoms with Crippen molar-refractivity contribution in [2.24, 2.45) is 5.92 Å². The molecule has 25 heavy (non-hydrogen) atoms. The first-order valence-electron chi connectivity index (χ1n) is 8.40. The maximum absolute atomic E-state index is 13.0. The molecule has 1 aliphatic heterocycles. The minimum Gasteiger partial charge on any atom is -0.340 e. The van der Waals surface area contributed by atoms with Crippen molar-refractivity contribution >= 4 is 18.3 Å². The largest absolute Gasteiger partial charge is 0.340 e. The zero-order valence-corrected chi connectivity index (χ0v) is 15.6. The van der Waals surface area contributed by atoms with Crippen molar-refractivity contribution < 1.29 is 4.79 Å². The molecule has 2 atom stereocenters. The van der Waals surface area contributed by atoms with Crippen LogP contribution < -0.4 is 5.32 Å². The predicted molar refractivity (Wildman–Crippen MR) is 98.4 cm³/mol. The average molecular weight is 365 g/mol. The van der Waals surface area contributed by atoms with E-state index in [1.807, 2.05) is 56.1 Å². The normalized spacial score (nSPS) is 18.0. The Labute approximate surface area is 154 Å². The molecule has 0 saturated carbocycles. The van der Waals surface area contributed by atoms with Gasteiger partial charge in [-0.2, -0.15) is 4.80 Å². The fourth-order valence-corrected chi connectivity index (χ4v) is 3.05. The molecule has 2 unspecified atom stereocenters. The summed E-state index contributed by atoms with van der Waals surface area (Å²) in [4.78, 5) is 16.3. The Morgan fingerprint density at radius 2 is 2.04 bits per heavy atom. The minimum absolute atomic E-state index is 0. The lowest BCUT2D eigenvalue weighted by molar-refractivity contribution is -0.137. The van der Waals surface area contributed by atoms with Crippen LogP contribution in [0.5, 0.6) is 0 Å². The van der Waals surface area contributed by atoms with Gasteiger partial charge in [-0.1, -0.05) is 44.2 Å². The van der Waals surface area contributed by atoms with Gasteiger partial charge in [-0.05, 0) is 24.1 Å². The summed E-state index contributed by atoms with van der Waals surface area (Å²) in [6.45, 7) is 5.81. The number of aromatic nitrogens is 4. The molecule has 2 aromatic rings. The molecule has 7 nitrogen and oxygen atoms in total. The molecule has 0 spiro atoms. The number of carbonyl (C=O) groups is 1. The highest BCUT2D eigenvalue weighted by Crippen LogP contribution is 2.22. The monoisotopic (exact) mass is 364 g/mol. The smallest absolute Gasteiger partial charge is 0.249 e. The molecule has 1 saturated heterocycles. The number of carbonyl (C=O) groups excluding carboxylic acids is 1. The lowest BCUT2D eigenvalue weighted by Crippen LogP contribution is -2.44. The lowest BCUT2D eigenvalue weighted by Gasteiger charge is -2.29. The van der Waals surface area contributed by atoms with E-state index in [9.17, 15) is 4.79 Å². The van der Waals surface area contributed by atoms with Gasteiger partial charge in [0, 0.05) is 25.2 Å². The van der Waals surface area contributed by atoms with Crippen LogP contribution in [-0.2, 0) is 4.79 Å². The Kier molecular flexibility index (Phi) is 6.50. The second-order valence-electron chi connectivity index (χ2n) is 6.58. The summed E-state index contributed by atoms with van der Waals surface area (Å²) >= 11 is 0. The van der Waals surface area contributed by atoms with Crippen LogP contribution in [-0.4, -0.2) is 57.2 Å². The van der Waals surface area contributed by atoms with Crippen LogP contribution in [0, 0.1) is 5.92 Å². The van der Waals surface area contributed by atoms with Crippen molar-refractivity contribution in [2.45, 2.75) is 32.4 Å². The van der Waals surface area contributed by atoms with E-state index in [0.717, 1.165) is 25.1 Å². The van der Waals surface area contributed by atoms with Gasteiger partial charge in [0.25, 0.3) is 0 Å². The Morgan fingerprint density at radius 1 is 1.32 bits per heavy atom. The summed E-state index contributed by atoms with van der Waals surface area (Å²) in [6, 6.07) is 9.47. The Hall–Kier alpha value is -1.99. The van der Waals surface area contributed by atoms with Crippen LogP contribution in [0.3, 0.4) is 0 Å². The first-order valence-corrected chi connectivity index (χ1v) is 8.40. The van der Waals surface area contributed by atoms with E-state index in [-0.39, 0.29) is 30.3 Å². The number of amides is 1. The molecule has 1 N–H and O–H groups in total. The molecule has 0 radical (unpaired) electrons. The first kappa shape index (κ1) is 19.3. The fourth-order valence-electron chi connectivity index (χ4n) is 3.05. The molecule has 3 rings (SSSR count). The summed E-state index contributed by atoms with van der Waals surface area (Å²) in [7, 11) is 1.87. The van der Waals surface area contributed by atoms with Crippen molar-refractivity contribution in [2.75, 3.05) is 20.1 Å². The molecule has 136 valence electrons. The number of benzene rings is 1. The van der Waals surface area contributed by atoms with Gasteiger partial charge in [-0.25, -0.2) is 0 Å². The van der Waals surface area contributed by atoms with E-state index < -0.39 is 6.04 Å². The third-order valence-electron chi connectivity index (χ3n) is 4.52. The van der Waals surface area contributed by atoms with Gasteiger partial charge in [0.15, 0.2) is 6.04 Å². The molecular weight excluding hydrogens is 340 g/mol. The van der Waals surface area contributed by atoms with Crippen molar-refractivity contribution in [1.29, 1.82) is 0 Å². The third-order valence-corrected chi connectivity index (χ3v) is 4.52. The highest BCUT2D eigenvalue weighted by molar-refractivity contribution is 5.85. The van der Waals surface area contributed by atoms with Crippen LogP contribution >= 0.6 is 12.4 Å². The maximum atomic E-state index is 13.0. The van der Waals surface area contributed by atoms with Crippen LogP contribution in [0.25, 0.3) is 11.4 Å². The molecule has 1 aromatic heterocycles. The summed E-state index contributed by atoms with van der Waals surface area (Å²) < 4.78 is 0. The molecule has 2 heterocycles. The van der Waals surface area contributed by atoms with Gasteiger partial charge in [0.2, 0.25) is 11.7 Å². The molecular formula is C17H25ClN6O. The van der Waals surface area contributed by atoms with E-state index in [4.69, 9.17) is 0 Å². The van der Waals surface area contributed by atoms with Crippen LogP contribution in [0.4, 0.5) is 0 Å². The van der Waals surface area contributed by atoms with Crippen molar-refractivity contribution in [1.82, 2.24) is 30.4 Å². The Bertz CT molecular complexity index is 683. The third kappa shape index (κ3) is 4.16. The molecule has 1 aromatic carbocycles. The number of tetrazole rings is 1. The van der Waals surface area contributed by atoms with Crippen LogP contribution in [0.15, 0.2) is 30.3 Å². The summed E-state index contributed by atoms with van der Waals surface area (Å²) in [5.41, 5.74) is 0.895. The van der Waals surface area contributed by atoms with E-state index in [1.165, 1.54) is 4.80 Å².